The first-order valence-electron chi connectivity index (χ1n) is 4.60. The van der Waals surface area contributed by atoms with Gasteiger partial charge in [0.25, 0.3) is 0 Å². The number of hydrogen-bond acceptors (Lipinski definition) is 5. The van der Waals surface area contributed by atoms with Gasteiger partial charge in [-0.25, -0.2) is 0 Å². The maximum atomic E-state index is 11.1. The molecule has 0 rings (SSSR count). The van der Waals surface area contributed by atoms with Crippen LogP contribution < -0.4 is 10.4 Å². The third-order valence-electron chi connectivity index (χ3n) is 1.62. The lowest BCUT2D eigenvalue weighted by Crippen LogP contribution is -2.40. The van der Waals surface area contributed by atoms with Crippen molar-refractivity contribution in [3.05, 3.63) is 0 Å². The van der Waals surface area contributed by atoms with Crippen molar-refractivity contribution in [1.82, 2.24) is 5.32 Å². The Bertz CT molecular complexity index is 233. The Morgan fingerprint density at radius 3 is 2.40 bits per heavy atom. The first-order chi connectivity index (χ1) is 6.72. The Hall–Kier alpha value is -1.14. The van der Waals surface area contributed by atoms with Crippen LogP contribution in [0, 0.1) is 0 Å². The molecule has 6 nitrogen and oxygen atoms in total. The predicted molar refractivity (Wildman–Crippen MR) is 49.6 cm³/mol. The number of aliphatic hydroxyl groups excluding tert-OH is 1. The molecule has 1 atom stereocenters. The number of nitrogens with one attached hydrogen (secondary N) is 1. The van der Waals surface area contributed by atoms with Crippen LogP contribution in [0.4, 0.5) is 0 Å². The van der Waals surface area contributed by atoms with Crippen LogP contribution in [0.1, 0.15) is 26.7 Å². The molecule has 15 heavy (non-hydrogen) atoms. The van der Waals surface area contributed by atoms with Crippen molar-refractivity contribution in [3.63, 3.8) is 0 Å². The second-order valence-corrected chi connectivity index (χ2v) is 3.95. The van der Waals surface area contributed by atoms with E-state index < -0.39 is 23.6 Å². The lowest BCUT2D eigenvalue weighted by Gasteiger charge is -2.20. The molecular weight excluding hydrogens is 202 g/mol. The van der Waals surface area contributed by atoms with Crippen molar-refractivity contribution < 1.29 is 24.9 Å². The molecule has 0 heterocycles. The summed E-state index contributed by atoms with van der Waals surface area (Å²) in [5.74, 6) is -1.97. The molecule has 0 bridgehead atoms. The zero-order valence-electron chi connectivity index (χ0n) is 8.82. The van der Waals surface area contributed by atoms with Crippen LogP contribution in [0.5, 0.6) is 0 Å². The SMILES string of the molecule is CC(C)(O)C[C@@H](O)C(=O)NCCC(=O)[O-]. The van der Waals surface area contributed by atoms with Crippen LogP contribution in [-0.2, 0) is 9.59 Å². The maximum Gasteiger partial charge on any atom is 0.248 e. The Morgan fingerprint density at radius 2 is 2.00 bits per heavy atom. The van der Waals surface area contributed by atoms with Gasteiger partial charge < -0.3 is 25.4 Å². The highest BCUT2D eigenvalue weighted by atomic mass is 16.4. The Labute approximate surface area is 87.9 Å². The number of aliphatic hydroxyl groups is 2. The normalized spacial score (nSPS) is 13.3. The smallest absolute Gasteiger partial charge is 0.248 e. The number of carboxylic acid groups (broad SMARTS) is 1. The summed E-state index contributed by atoms with van der Waals surface area (Å²) in [5, 5.41) is 30.8. The van der Waals surface area contributed by atoms with Crippen LogP contribution in [0.15, 0.2) is 0 Å². The second kappa shape index (κ2) is 5.67. The van der Waals surface area contributed by atoms with E-state index in [4.69, 9.17) is 0 Å². The molecule has 3 N–H and O–H groups in total. The highest BCUT2D eigenvalue weighted by Gasteiger charge is 2.23. The summed E-state index contributed by atoms with van der Waals surface area (Å²) in [7, 11) is 0. The summed E-state index contributed by atoms with van der Waals surface area (Å²) >= 11 is 0. The van der Waals surface area contributed by atoms with Gasteiger partial charge in [-0.1, -0.05) is 0 Å². The number of aliphatic carboxylic acids is 1. The molecule has 0 aliphatic rings. The number of amides is 1. The first-order valence-corrected chi connectivity index (χ1v) is 4.60. The van der Waals surface area contributed by atoms with E-state index in [-0.39, 0.29) is 19.4 Å². The van der Waals surface area contributed by atoms with Crippen molar-refractivity contribution in [1.29, 1.82) is 0 Å². The van der Waals surface area contributed by atoms with Crippen molar-refractivity contribution in [2.45, 2.75) is 38.4 Å². The Kier molecular flexibility index (Phi) is 5.24. The fourth-order valence-corrected chi connectivity index (χ4v) is 0.971. The molecule has 1 amide bonds. The van der Waals surface area contributed by atoms with Crippen LogP contribution in [0.2, 0.25) is 0 Å². The van der Waals surface area contributed by atoms with Gasteiger partial charge in [0.2, 0.25) is 5.91 Å². The number of carbonyl (C=O) groups excluding carboxylic acids is 2. The molecule has 0 unspecified atom stereocenters. The fraction of sp³-hybridized carbons (Fsp3) is 0.778. The maximum absolute atomic E-state index is 11.1. The molecule has 6 heteroatoms. The van der Waals surface area contributed by atoms with Crippen molar-refractivity contribution >= 4 is 11.9 Å². The van der Waals surface area contributed by atoms with E-state index in [1.54, 1.807) is 0 Å². The number of hydrogen-bond donors (Lipinski definition) is 3. The molecule has 0 saturated carbocycles. The third kappa shape index (κ3) is 7.90. The van der Waals surface area contributed by atoms with Gasteiger partial charge in [0.05, 0.1) is 5.60 Å². The molecule has 0 aromatic rings. The second-order valence-electron chi connectivity index (χ2n) is 3.95. The topological polar surface area (TPSA) is 110 Å². The summed E-state index contributed by atoms with van der Waals surface area (Å²) in [6.45, 7) is 2.83. The lowest BCUT2D eigenvalue weighted by atomic mass is 10.0. The van der Waals surface area contributed by atoms with E-state index in [9.17, 15) is 24.9 Å². The van der Waals surface area contributed by atoms with Gasteiger partial charge in [0, 0.05) is 25.4 Å². The lowest BCUT2D eigenvalue weighted by molar-refractivity contribution is -0.305. The van der Waals surface area contributed by atoms with E-state index in [0.29, 0.717) is 0 Å². The molecule has 88 valence electrons. The molecule has 0 aromatic heterocycles. The minimum atomic E-state index is -1.34. The summed E-state index contributed by atoms with van der Waals surface area (Å²) < 4.78 is 0. The standard InChI is InChI=1S/C9H17NO5/c1-9(2,15)5-6(11)8(14)10-4-3-7(12)13/h6,11,15H,3-5H2,1-2H3,(H,10,14)(H,12,13)/p-1/t6-/m1/s1. The van der Waals surface area contributed by atoms with Gasteiger partial charge in [-0.2, -0.15) is 0 Å². The van der Waals surface area contributed by atoms with E-state index in [2.05, 4.69) is 5.32 Å². The molecule has 0 aliphatic carbocycles. The minimum Gasteiger partial charge on any atom is -0.550 e. The molecule has 0 radical (unpaired) electrons. The highest BCUT2D eigenvalue weighted by Crippen LogP contribution is 2.10. The van der Waals surface area contributed by atoms with E-state index in [0.717, 1.165) is 0 Å². The average molecular weight is 218 g/mol. The van der Waals surface area contributed by atoms with Crippen LogP contribution in [0.25, 0.3) is 0 Å². The molecule has 0 aromatic carbocycles. The van der Waals surface area contributed by atoms with Gasteiger partial charge in [-0.3, -0.25) is 4.79 Å². The molecule has 0 spiro atoms. The van der Waals surface area contributed by atoms with E-state index >= 15 is 0 Å². The third-order valence-corrected chi connectivity index (χ3v) is 1.62. The summed E-state index contributed by atoms with van der Waals surface area (Å²) in [4.78, 5) is 21.1. The van der Waals surface area contributed by atoms with Crippen molar-refractivity contribution in [2.24, 2.45) is 0 Å². The monoisotopic (exact) mass is 218 g/mol. The number of rotatable bonds is 6. The summed E-state index contributed by atoms with van der Waals surface area (Å²) in [5.41, 5.74) is -1.15. The fourth-order valence-electron chi connectivity index (χ4n) is 0.971. The number of carbonyl (C=O) groups is 2. The van der Waals surface area contributed by atoms with Crippen LogP contribution in [-0.4, -0.2) is 40.3 Å². The first kappa shape index (κ1) is 13.9. The molecule has 0 aliphatic heterocycles. The molecule has 0 saturated heterocycles. The van der Waals surface area contributed by atoms with E-state index in [1.807, 2.05) is 0 Å². The quantitative estimate of drug-likeness (QED) is 0.467. The van der Waals surface area contributed by atoms with E-state index in [1.165, 1.54) is 13.8 Å². The molecular formula is C9H16NO5-. The Morgan fingerprint density at radius 1 is 1.47 bits per heavy atom. The predicted octanol–water partition coefficient (Wildman–Crippen LogP) is -2.24. The van der Waals surface area contributed by atoms with Crippen molar-refractivity contribution in [2.75, 3.05) is 6.54 Å². The minimum absolute atomic E-state index is 0.0932. The van der Waals surface area contributed by atoms with Crippen molar-refractivity contribution in [3.8, 4) is 0 Å². The highest BCUT2D eigenvalue weighted by molar-refractivity contribution is 5.80. The van der Waals surface area contributed by atoms with Crippen LogP contribution >= 0.6 is 0 Å². The zero-order chi connectivity index (χ0) is 12.1. The average Bonchev–Trinajstić information content (AvgIpc) is 1.99. The largest absolute Gasteiger partial charge is 0.550 e. The summed E-state index contributed by atoms with van der Waals surface area (Å²) in [6, 6.07) is 0. The van der Waals surface area contributed by atoms with Gasteiger partial charge >= 0.3 is 0 Å². The molecule has 0 fully saturated rings. The Balaban J connectivity index is 3.85. The van der Waals surface area contributed by atoms with Gasteiger partial charge in [0.1, 0.15) is 6.10 Å². The van der Waals surface area contributed by atoms with Gasteiger partial charge in [-0.15, -0.1) is 0 Å². The van der Waals surface area contributed by atoms with Crippen LogP contribution in [0.3, 0.4) is 0 Å². The number of carboxylic acids is 1. The zero-order valence-corrected chi connectivity index (χ0v) is 8.82. The van der Waals surface area contributed by atoms with Gasteiger partial charge in [0.15, 0.2) is 0 Å². The van der Waals surface area contributed by atoms with Gasteiger partial charge in [-0.05, 0) is 13.8 Å². The summed E-state index contributed by atoms with van der Waals surface area (Å²) in [6.07, 6.45) is -1.75.